The number of primary amides is 1. The first kappa shape index (κ1) is 24.8. The molecule has 0 rings (SSSR count). The molecule has 0 heterocycles. The van der Waals surface area contributed by atoms with Gasteiger partial charge in [-0.15, -0.1) is 0 Å². The van der Waals surface area contributed by atoms with Gasteiger partial charge in [0.1, 0.15) is 5.78 Å². The molecule has 0 saturated carbocycles. The van der Waals surface area contributed by atoms with Gasteiger partial charge < -0.3 is 32.3 Å². The van der Waals surface area contributed by atoms with E-state index < -0.39 is 6.03 Å². The fraction of sp³-hybridized carbons (Fsp3) is 0.765. The van der Waals surface area contributed by atoms with Gasteiger partial charge in [-0.05, 0) is 39.7 Å². The van der Waals surface area contributed by atoms with E-state index in [-0.39, 0.29) is 30.2 Å². The molecule has 0 aliphatic carbocycles. The van der Waals surface area contributed by atoms with Crippen molar-refractivity contribution in [3.8, 4) is 0 Å². The number of Topliss-reactive ketones (excluding diaryl/α,β-unsaturated/α-hetero) is 2. The average molecular weight is 386 g/mol. The number of rotatable bonds is 14. The van der Waals surface area contributed by atoms with Gasteiger partial charge in [-0.3, -0.25) is 14.6 Å². The highest BCUT2D eigenvalue weighted by Gasteiger charge is 2.19. The van der Waals surface area contributed by atoms with Gasteiger partial charge in [-0.25, -0.2) is 4.79 Å². The van der Waals surface area contributed by atoms with Gasteiger partial charge in [-0.2, -0.15) is 0 Å². The van der Waals surface area contributed by atoms with Crippen molar-refractivity contribution in [2.45, 2.75) is 44.7 Å². The summed E-state index contributed by atoms with van der Waals surface area (Å²) in [6, 6.07) is -1.27. The molecule has 10 nitrogen and oxygen atoms in total. The van der Waals surface area contributed by atoms with Crippen molar-refractivity contribution in [2.24, 2.45) is 10.7 Å². The molecule has 2 atom stereocenters. The van der Waals surface area contributed by atoms with Gasteiger partial charge in [0, 0.05) is 27.2 Å². The first-order valence-electron chi connectivity index (χ1n) is 9.21. The molecular weight excluding hydrogens is 350 g/mol. The van der Waals surface area contributed by atoms with Gasteiger partial charge >= 0.3 is 6.03 Å². The fourth-order valence-corrected chi connectivity index (χ4v) is 2.57. The molecule has 2 amide bonds. The van der Waals surface area contributed by atoms with Crippen LogP contribution in [0.2, 0.25) is 0 Å². The molecule has 0 unspecified atom stereocenters. The lowest BCUT2D eigenvalue weighted by Crippen LogP contribution is -2.45. The predicted molar refractivity (Wildman–Crippen MR) is 107 cm³/mol. The van der Waals surface area contributed by atoms with E-state index in [0.717, 1.165) is 6.42 Å². The molecule has 0 aliphatic heterocycles. The Bertz CT molecular complexity index is 497. The smallest absolute Gasteiger partial charge is 0.312 e. The number of hydrogen-bond acceptors (Lipinski definition) is 6. The molecule has 0 spiro atoms. The molecule has 0 saturated heterocycles. The summed E-state index contributed by atoms with van der Waals surface area (Å²) in [7, 11) is 5.18. The van der Waals surface area contributed by atoms with E-state index in [4.69, 9.17) is 5.73 Å². The Morgan fingerprint density at radius 2 is 1.59 bits per heavy atom. The second-order valence-corrected chi connectivity index (χ2v) is 6.18. The van der Waals surface area contributed by atoms with Gasteiger partial charge in [0.2, 0.25) is 0 Å². The first-order chi connectivity index (χ1) is 12.8. The SMILES string of the molecule is C/N=C(/NC)NCCC[C@H](NCC(=O)[C@H](CCCNC(N)=O)NC)C(C)=O. The molecule has 0 fully saturated rings. The average Bonchev–Trinajstić information content (AvgIpc) is 2.63. The minimum atomic E-state index is -0.574. The lowest BCUT2D eigenvalue weighted by Gasteiger charge is -2.19. The number of hydrogen-bond donors (Lipinski definition) is 6. The van der Waals surface area contributed by atoms with Crippen LogP contribution in [-0.4, -0.2) is 76.4 Å². The van der Waals surface area contributed by atoms with E-state index in [1.807, 2.05) is 0 Å². The second kappa shape index (κ2) is 14.9. The summed E-state index contributed by atoms with van der Waals surface area (Å²) in [4.78, 5) is 38.8. The Hall–Kier alpha value is -2.20. The molecule has 0 aromatic carbocycles. The number of carbonyl (C=O) groups is 3. The number of aliphatic imine (C=N–C) groups is 1. The zero-order valence-corrected chi connectivity index (χ0v) is 16.9. The highest BCUT2D eigenvalue weighted by Crippen LogP contribution is 2.01. The van der Waals surface area contributed by atoms with Crippen LogP contribution in [0.15, 0.2) is 4.99 Å². The van der Waals surface area contributed by atoms with E-state index in [0.29, 0.717) is 38.3 Å². The highest BCUT2D eigenvalue weighted by atomic mass is 16.2. The zero-order valence-electron chi connectivity index (χ0n) is 16.9. The summed E-state index contributed by atoms with van der Waals surface area (Å²) in [6.07, 6.45) is 2.60. The largest absolute Gasteiger partial charge is 0.359 e. The van der Waals surface area contributed by atoms with Gasteiger partial charge in [-0.1, -0.05) is 0 Å². The van der Waals surface area contributed by atoms with Crippen LogP contribution in [-0.2, 0) is 9.59 Å². The highest BCUT2D eigenvalue weighted by molar-refractivity contribution is 5.87. The predicted octanol–water partition coefficient (Wildman–Crippen LogP) is -1.29. The van der Waals surface area contributed by atoms with Crippen molar-refractivity contribution in [1.29, 1.82) is 0 Å². The maximum Gasteiger partial charge on any atom is 0.312 e. The maximum atomic E-state index is 12.3. The minimum Gasteiger partial charge on any atom is -0.359 e. The number of guanidine groups is 1. The maximum absolute atomic E-state index is 12.3. The second-order valence-electron chi connectivity index (χ2n) is 6.18. The zero-order chi connectivity index (χ0) is 20.7. The number of urea groups is 1. The standard InChI is InChI=1S/C17H35N7O3/c1-12(25)13(7-5-10-23-17(20-3)21-4)24-11-15(26)14(19-2)8-6-9-22-16(18)27/h13-14,19,24H,5-11H2,1-4H3,(H3,18,22,27)(H2,20,21,23)/t13-,14-/m0/s1. The normalized spacial score (nSPS) is 13.6. The summed E-state index contributed by atoms with van der Waals surface area (Å²) in [5.41, 5.74) is 5.00. The minimum absolute atomic E-state index is 0.00691. The number of nitrogens with zero attached hydrogens (tertiary/aromatic N) is 1. The molecule has 156 valence electrons. The third-order valence-corrected chi connectivity index (χ3v) is 4.14. The third-order valence-electron chi connectivity index (χ3n) is 4.14. The Labute approximate surface area is 161 Å². The van der Waals surface area contributed by atoms with E-state index in [2.05, 4.69) is 31.6 Å². The molecule has 10 heteroatoms. The summed E-state index contributed by atoms with van der Waals surface area (Å²) in [6.45, 7) is 2.74. The summed E-state index contributed by atoms with van der Waals surface area (Å²) < 4.78 is 0. The van der Waals surface area contributed by atoms with Crippen LogP contribution >= 0.6 is 0 Å². The van der Waals surface area contributed by atoms with Crippen molar-refractivity contribution in [2.75, 3.05) is 40.8 Å². The van der Waals surface area contributed by atoms with Gasteiger partial charge in [0.15, 0.2) is 11.7 Å². The number of amides is 2. The Morgan fingerprint density at radius 1 is 1.00 bits per heavy atom. The molecule has 27 heavy (non-hydrogen) atoms. The summed E-state index contributed by atoms with van der Waals surface area (Å²) >= 11 is 0. The van der Waals surface area contributed by atoms with Crippen LogP contribution in [0.5, 0.6) is 0 Å². The van der Waals surface area contributed by atoms with E-state index in [1.165, 1.54) is 6.92 Å². The molecule has 0 aliphatic rings. The van der Waals surface area contributed by atoms with Crippen LogP contribution in [0.1, 0.15) is 32.6 Å². The van der Waals surface area contributed by atoms with E-state index in [1.54, 1.807) is 21.1 Å². The number of nitrogens with one attached hydrogen (secondary N) is 5. The monoisotopic (exact) mass is 385 g/mol. The number of ketones is 2. The third kappa shape index (κ3) is 11.9. The molecular formula is C17H35N7O3. The van der Waals surface area contributed by atoms with Crippen LogP contribution in [0.3, 0.4) is 0 Å². The molecule has 7 N–H and O–H groups in total. The quantitative estimate of drug-likeness (QED) is 0.124. The lowest BCUT2D eigenvalue weighted by molar-refractivity contribution is -0.121. The van der Waals surface area contributed by atoms with Gasteiger partial charge in [0.05, 0.1) is 18.6 Å². The van der Waals surface area contributed by atoms with Crippen LogP contribution in [0, 0.1) is 0 Å². The molecule has 0 aromatic rings. The van der Waals surface area contributed by atoms with E-state index in [9.17, 15) is 14.4 Å². The molecule has 0 radical (unpaired) electrons. The van der Waals surface area contributed by atoms with Crippen LogP contribution < -0.4 is 32.3 Å². The topological polar surface area (TPSA) is 150 Å². The van der Waals surface area contributed by atoms with Crippen LogP contribution in [0.25, 0.3) is 0 Å². The lowest BCUT2D eigenvalue weighted by atomic mass is 10.0. The van der Waals surface area contributed by atoms with Crippen molar-refractivity contribution in [1.82, 2.24) is 26.6 Å². The Morgan fingerprint density at radius 3 is 2.07 bits per heavy atom. The summed E-state index contributed by atoms with van der Waals surface area (Å²) in [5.74, 6) is 0.684. The Balaban J connectivity index is 4.27. The fourth-order valence-electron chi connectivity index (χ4n) is 2.57. The Kier molecular flexibility index (Phi) is 13.7. The van der Waals surface area contributed by atoms with Crippen molar-refractivity contribution in [3.05, 3.63) is 0 Å². The summed E-state index contributed by atoms with van der Waals surface area (Å²) in [5, 5.41) is 14.6. The number of likely N-dealkylation sites (N-methyl/N-ethyl adjacent to an activating group) is 1. The number of carbonyl (C=O) groups excluding carboxylic acids is 3. The van der Waals surface area contributed by atoms with E-state index >= 15 is 0 Å². The first-order valence-corrected chi connectivity index (χ1v) is 9.21. The van der Waals surface area contributed by atoms with Crippen molar-refractivity contribution < 1.29 is 14.4 Å². The van der Waals surface area contributed by atoms with Gasteiger partial charge in [0.25, 0.3) is 0 Å². The molecule has 0 aromatic heterocycles. The van der Waals surface area contributed by atoms with Crippen molar-refractivity contribution >= 4 is 23.6 Å². The van der Waals surface area contributed by atoms with Crippen molar-refractivity contribution in [3.63, 3.8) is 0 Å². The molecule has 0 bridgehead atoms. The number of nitrogens with two attached hydrogens (primary N) is 1. The van der Waals surface area contributed by atoms with Crippen LogP contribution in [0.4, 0.5) is 4.79 Å².